The Labute approximate surface area is 135 Å². The topological polar surface area (TPSA) is 0 Å². The van der Waals surface area contributed by atoms with Crippen molar-refractivity contribution >= 4 is 98.5 Å². The number of halogens is 4. The quantitative estimate of drug-likeness (QED) is 0.409. The van der Waals surface area contributed by atoms with Crippen molar-refractivity contribution in [1.82, 2.24) is 0 Å². The maximum Gasteiger partial charge on any atom is 0.0782 e. The van der Waals surface area contributed by atoms with Crippen molar-refractivity contribution in [3.63, 3.8) is 0 Å². The molecule has 6 heteroatoms. The van der Waals surface area contributed by atoms with E-state index in [-0.39, 0.29) is 0 Å². The van der Waals surface area contributed by atoms with Gasteiger partial charge in [-0.05, 0) is 75.9 Å². The second-order valence-corrected chi connectivity index (χ2v) is 10.4. The molecule has 0 bridgehead atoms. The van der Waals surface area contributed by atoms with Crippen LogP contribution in [0.4, 0.5) is 0 Å². The highest BCUT2D eigenvalue weighted by molar-refractivity contribution is 9.12. The lowest BCUT2D eigenvalue weighted by atomic mass is 10.2. The molecule has 0 aliphatic rings. The first-order chi connectivity index (χ1) is 7.56. The SMILES string of the molecule is Brc1cc(/C=C/c2cc(Br)sc2Br)c(Br)s1. The molecule has 0 unspecified atom stereocenters. The van der Waals surface area contributed by atoms with E-state index in [1.54, 1.807) is 22.7 Å². The highest BCUT2D eigenvalue weighted by Gasteiger charge is 2.04. The predicted molar refractivity (Wildman–Crippen MR) is 88.4 cm³/mol. The summed E-state index contributed by atoms with van der Waals surface area (Å²) < 4.78 is 4.54. The molecular formula is C10H4Br4S2. The van der Waals surface area contributed by atoms with Gasteiger partial charge in [0.25, 0.3) is 0 Å². The van der Waals surface area contributed by atoms with E-state index in [4.69, 9.17) is 0 Å². The molecule has 0 saturated heterocycles. The molecule has 2 aromatic heterocycles. The van der Waals surface area contributed by atoms with Crippen molar-refractivity contribution in [2.24, 2.45) is 0 Å². The Balaban J connectivity index is 2.27. The summed E-state index contributed by atoms with van der Waals surface area (Å²) in [5.41, 5.74) is 2.37. The van der Waals surface area contributed by atoms with Gasteiger partial charge < -0.3 is 0 Å². The number of hydrogen-bond acceptors (Lipinski definition) is 2. The average molecular weight is 508 g/mol. The summed E-state index contributed by atoms with van der Waals surface area (Å²) in [7, 11) is 0. The second-order valence-electron chi connectivity index (χ2n) is 2.89. The molecule has 0 aliphatic heterocycles. The molecule has 84 valence electrons. The van der Waals surface area contributed by atoms with Gasteiger partial charge in [0.2, 0.25) is 0 Å². The van der Waals surface area contributed by atoms with E-state index in [1.807, 2.05) is 0 Å². The van der Waals surface area contributed by atoms with Gasteiger partial charge in [0.1, 0.15) is 0 Å². The summed E-state index contributed by atoms with van der Waals surface area (Å²) in [6.45, 7) is 0. The molecular weight excluding hydrogens is 504 g/mol. The van der Waals surface area contributed by atoms with Crippen molar-refractivity contribution in [3.8, 4) is 0 Å². The van der Waals surface area contributed by atoms with E-state index in [0.717, 1.165) is 15.1 Å². The molecule has 0 saturated carbocycles. The molecule has 0 amide bonds. The third-order valence-electron chi connectivity index (χ3n) is 1.81. The van der Waals surface area contributed by atoms with Gasteiger partial charge in [0.05, 0.1) is 15.1 Å². The first-order valence-electron chi connectivity index (χ1n) is 4.14. The van der Waals surface area contributed by atoms with Gasteiger partial charge in [-0.25, -0.2) is 0 Å². The maximum atomic E-state index is 3.53. The highest BCUT2D eigenvalue weighted by atomic mass is 79.9. The van der Waals surface area contributed by atoms with Crippen LogP contribution in [0.1, 0.15) is 11.1 Å². The molecule has 0 fully saturated rings. The molecule has 2 rings (SSSR count). The van der Waals surface area contributed by atoms with Gasteiger partial charge in [-0.2, -0.15) is 0 Å². The molecule has 0 aromatic carbocycles. The summed E-state index contributed by atoms with van der Waals surface area (Å²) in [5.74, 6) is 0. The minimum atomic E-state index is 1.13. The third kappa shape index (κ3) is 3.29. The second kappa shape index (κ2) is 5.80. The Hall–Kier alpha value is 1.06. The normalized spacial score (nSPS) is 11.5. The van der Waals surface area contributed by atoms with Gasteiger partial charge in [0.15, 0.2) is 0 Å². The molecule has 0 radical (unpaired) electrons. The minimum Gasteiger partial charge on any atom is -0.121 e. The predicted octanol–water partition coefficient (Wildman–Crippen LogP) is 7.03. The van der Waals surface area contributed by atoms with Crippen LogP contribution in [0.15, 0.2) is 27.3 Å². The fraction of sp³-hybridized carbons (Fsp3) is 0. The van der Waals surface area contributed by atoms with Crippen LogP contribution in [-0.2, 0) is 0 Å². The fourth-order valence-corrected chi connectivity index (χ4v) is 6.62. The van der Waals surface area contributed by atoms with Crippen LogP contribution < -0.4 is 0 Å². The Morgan fingerprint density at radius 1 is 0.750 bits per heavy atom. The van der Waals surface area contributed by atoms with E-state index in [1.165, 1.54) is 11.1 Å². The van der Waals surface area contributed by atoms with E-state index in [0.29, 0.717) is 0 Å². The Kier molecular flexibility index (Phi) is 4.89. The van der Waals surface area contributed by atoms with Crippen LogP contribution in [-0.4, -0.2) is 0 Å². The largest absolute Gasteiger partial charge is 0.121 e. The lowest BCUT2D eigenvalue weighted by Crippen LogP contribution is -1.66. The van der Waals surface area contributed by atoms with Crippen molar-refractivity contribution in [3.05, 3.63) is 38.4 Å². The summed E-state index contributed by atoms with van der Waals surface area (Å²) in [4.78, 5) is 0. The van der Waals surface area contributed by atoms with Crippen molar-refractivity contribution in [2.75, 3.05) is 0 Å². The smallest absolute Gasteiger partial charge is 0.0782 e. The Bertz CT molecular complexity index is 491. The summed E-state index contributed by atoms with van der Waals surface area (Å²) in [5, 5.41) is 0. The number of rotatable bonds is 2. The maximum absolute atomic E-state index is 3.53. The van der Waals surface area contributed by atoms with Crippen LogP contribution in [0.3, 0.4) is 0 Å². The van der Waals surface area contributed by atoms with Crippen LogP contribution in [0, 0.1) is 0 Å². The molecule has 0 aliphatic carbocycles. The molecule has 0 N–H and O–H groups in total. The molecule has 0 atom stereocenters. The van der Waals surface area contributed by atoms with Crippen molar-refractivity contribution in [1.29, 1.82) is 0 Å². The van der Waals surface area contributed by atoms with Gasteiger partial charge in [0, 0.05) is 11.1 Å². The van der Waals surface area contributed by atoms with Gasteiger partial charge in [-0.1, -0.05) is 12.2 Å². The minimum absolute atomic E-state index is 1.13. The standard InChI is InChI=1S/C10H4Br4S2/c11-7-3-5(9(13)15-7)1-2-6-4-8(12)16-10(6)14/h1-4H/b2-1+. The summed E-state index contributed by atoms with van der Waals surface area (Å²) in [6.07, 6.45) is 4.20. The van der Waals surface area contributed by atoms with Gasteiger partial charge >= 0.3 is 0 Å². The van der Waals surface area contributed by atoms with Crippen molar-refractivity contribution < 1.29 is 0 Å². The first-order valence-corrected chi connectivity index (χ1v) is 8.94. The molecule has 2 aromatic rings. The highest BCUT2D eigenvalue weighted by Crippen LogP contribution is 2.35. The summed E-state index contributed by atoms with van der Waals surface area (Å²) in [6, 6.07) is 4.20. The van der Waals surface area contributed by atoms with E-state index >= 15 is 0 Å². The number of hydrogen-bond donors (Lipinski definition) is 0. The van der Waals surface area contributed by atoms with Crippen LogP contribution >= 0.6 is 86.4 Å². The average Bonchev–Trinajstić information content (AvgIpc) is 2.66. The van der Waals surface area contributed by atoms with Crippen LogP contribution in [0.25, 0.3) is 12.2 Å². The zero-order valence-corrected chi connectivity index (χ0v) is 15.6. The molecule has 16 heavy (non-hydrogen) atoms. The zero-order valence-electron chi connectivity index (χ0n) is 7.64. The fourth-order valence-electron chi connectivity index (χ4n) is 1.11. The van der Waals surface area contributed by atoms with Crippen molar-refractivity contribution in [2.45, 2.75) is 0 Å². The Morgan fingerprint density at radius 3 is 1.38 bits per heavy atom. The first kappa shape index (κ1) is 13.5. The van der Waals surface area contributed by atoms with Crippen LogP contribution in [0.2, 0.25) is 0 Å². The lowest BCUT2D eigenvalue weighted by molar-refractivity contribution is 1.78. The Morgan fingerprint density at radius 2 is 1.12 bits per heavy atom. The number of thiophene rings is 2. The van der Waals surface area contributed by atoms with Gasteiger partial charge in [-0.3, -0.25) is 0 Å². The lowest BCUT2D eigenvalue weighted by Gasteiger charge is -1.89. The molecule has 2 heterocycles. The van der Waals surface area contributed by atoms with Crippen LogP contribution in [0.5, 0.6) is 0 Å². The summed E-state index contributed by atoms with van der Waals surface area (Å²) >= 11 is 17.4. The molecule has 0 spiro atoms. The van der Waals surface area contributed by atoms with E-state index in [9.17, 15) is 0 Å². The zero-order chi connectivity index (χ0) is 11.7. The monoisotopic (exact) mass is 504 g/mol. The molecule has 0 nitrogen and oxygen atoms in total. The third-order valence-corrected chi connectivity index (χ3v) is 6.58. The van der Waals surface area contributed by atoms with Gasteiger partial charge in [-0.15, -0.1) is 22.7 Å². The van der Waals surface area contributed by atoms with E-state index in [2.05, 4.69) is 88.0 Å². The van der Waals surface area contributed by atoms with E-state index < -0.39 is 0 Å².